The molecule has 0 spiro atoms. The molecule has 1 aliphatic rings. The summed E-state index contributed by atoms with van der Waals surface area (Å²) >= 11 is 6.04. The molecule has 4 rings (SSSR count). The predicted molar refractivity (Wildman–Crippen MR) is 132 cm³/mol. The van der Waals surface area contributed by atoms with Crippen LogP contribution < -0.4 is 21.3 Å². The summed E-state index contributed by atoms with van der Waals surface area (Å²) in [5.74, 6) is -2.74. The van der Waals surface area contributed by atoms with Crippen LogP contribution in [0.1, 0.15) is 42.2 Å². The molecule has 2 amide bonds. The maximum Gasteiger partial charge on any atom is 0.252 e. The molecule has 3 N–H and O–H groups in total. The second kappa shape index (κ2) is 10.1. The van der Waals surface area contributed by atoms with E-state index < -0.39 is 35.0 Å². The molecule has 188 valence electrons. The number of nitrogens with one attached hydrogen (secondary N) is 1. The van der Waals surface area contributed by atoms with E-state index in [9.17, 15) is 18.8 Å². The number of amides is 2. The number of rotatable bonds is 5. The van der Waals surface area contributed by atoms with Gasteiger partial charge in [0.2, 0.25) is 5.91 Å². The Kier molecular flexibility index (Phi) is 7.12. The highest BCUT2D eigenvalue weighted by atomic mass is 35.5. The van der Waals surface area contributed by atoms with Crippen LogP contribution >= 0.6 is 11.6 Å². The van der Waals surface area contributed by atoms with Crippen LogP contribution in [0.2, 0.25) is 5.02 Å². The summed E-state index contributed by atoms with van der Waals surface area (Å²) in [7, 11) is 0. The van der Waals surface area contributed by atoms with Crippen molar-refractivity contribution in [3.05, 3.63) is 80.7 Å². The number of primary amides is 1. The first kappa shape index (κ1) is 25.4. The molecule has 3 aromatic rings. The van der Waals surface area contributed by atoms with Gasteiger partial charge in [-0.2, -0.15) is 0 Å². The number of halogens is 3. The fourth-order valence-corrected chi connectivity index (χ4v) is 4.49. The smallest absolute Gasteiger partial charge is 0.252 e. The average Bonchev–Trinajstić information content (AvgIpc) is 2.81. The van der Waals surface area contributed by atoms with Crippen molar-refractivity contribution in [1.29, 1.82) is 0 Å². The molecule has 0 aliphatic carbocycles. The molecule has 0 unspecified atom stereocenters. The van der Waals surface area contributed by atoms with Crippen LogP contribution in [0, 0.1) is 17.6 Å². The van der Waals surface area contributed by atoms with Crippen molar-refractivity contribution in [3.8, 4) is 16.9 Å². The number of pyridine rings is 1. The maximum absolute atomic E-state index is 15.1. The largest absolute Gasteiger partial charge is 0.491 e. The summed E-state index contributed by atoms with van der Waals surface area (Å²) < 4.78 is 36.4. The van der Waals surface area contributed by atoms with E-state index in [1.807, 2.05) is 6.92 Å². The molecular weight excluding hydrogens is 492 g/mol. The molecule has 0 radical (unpaired) electrons. The first-order valence-corrected chi connectivity index (χ1v) is 11.7. The summed E-state index contributed by atoms with van der Waals surface area (Å²) in [5.41, 5.74) is 5.52. The second-order valence-electron chi connectivity index (χ2n) is 8.78. The third kappa shape index (κ3) is 4.83. The fraction of sp³-hybridized carbons (Fsp3) is 0.269. The number of nitrogens with zero attached hydrogens (tertiary/aromatic N) is 1. The Labute approximate surface area is 210 Å². The Morgan fingerprint density at radius 3 is 2.67 bits per heavy atom. The van der Waals surface area contributed by atoms with Crippen molar-refractivity contribution < 1.29 is 23.1 Å². The lowest BCUT2D eigenvalue weighted by molar-refractivity contribution is -0.119. The Morgan fingerprint density at radius 1 is 1.25 bits per heavy atom. The lowest BCUT2D eigenvalue weighted by Gasteiger charge is -2.25. The number of hydrogen-bond donors (Lipinski definition) is 2. The third-order valence-electron chi connectivity index (χ3n) is 6.11. The van der Waals surface area contributed by atoms with E-state index in [1.165, 1.54) is 29.0 Å². The van der Waals surface area contributed by atoms with Crippen LogP contribution in [0.25, 0.3) is 11.1 Å². The zero-order valence-corrected chi connectivity index (χ0v) is 20.4. The molecule has 1 aromatic heterocycles. The maximum atomic E-state index is 15.1. The van der Waals surface area contributed by atoms with Gasteiger partial charge >= 0.3 is 0 Å². The van der Waals surface area contributed by atoms with Crippen LogP contribution in [0.15, 0.2) is 47.4 Å². The quantitative estimate of drug-likeness (QED) is 0.513. The number of carbonyl (C=O) groups is 2. The summed E-state index contributed by atoms with van der Waals surface area (Å²) in [6.07, 6.45) is 2.15. The monoisotopic (exact) mass is 515 g/mol. The SMILES string of the molecule is CC[C@@H](C(=O)Nc1ccc(C(N)=O)c(F)c1)n1cc2c(cc1=O)-c1c(ccc(Cl)c1F)C[C@@H](C)CO2. The molecule has 2 heterocycles. The van der Waals surface area contributed by atoms with Crippen LogP contribution in [0.5, 0.6) is 5.75 Å². The molecular formula is C26H24ClF2N3O4. The average molecular weight is 516 g/mol. The first-order chi connectivity index (χ1) is 17.1. The second-order valence-corrected chi connectivity index (χ2v) is 9.19. The van der Waals surface area contributed by atoms with Gasteiger partial charge in [-0.15, -0.1) is 0 Å². The van der Waals surface area contributed by atoms with Gasteiger partial charge in [0.15, 0.2) is 0 Å². The van der Waals surface area contributed by atoms with Gasteiger partial charge in [-0.3, -0.25) is 19.0 Å². The highest BCUT2D eigenvalue weighted by Crippen LogP contribution is 2.39. The number of nitrogens with two attached hydrogens (primary N) is 1. The highest BCUT2D eigenvalue weighted by molar-refractivity contribution is 6.31. The van der Waals surface area contributed by atoms with Crippen LogP contribution in [-0.4, -0.2) is 23.0 Å². The standard InChI is InChI=1S/C26H24ClF2N3O4/c1-3-20(26(35)31-15-5-6-16(25(30)34)19(28)9-15)32-11-21-17(10-22(32)33)23-14(8-13(2)12-36-21)4-7-18(27)24(23)29/h4-7,9-11,13,20H,3,8,12H2,1-2H3,(H2,30,34)(H,31,35)/t13-,20+/m1/s1. The number of ether oxygens (including phenoxy) is 1. The van der Waals surface area contributed by atoms with Gasteiger partial charge < -0.3 is 15.8 Å². The van der Waals surface area contributed by atoms with Gasteiger partial charge in [0.05, 0.1) is 23.4 Å². The molecule has 0 fully saturated rings. The van der Waals surface area contributed by atoms with E-state index in [0.717, 1.165) is 12.1 Å². The summed E-state index contributed by atoms with van der Waals surface area (Å²) in [6.45, 7) is 3.99. The number of carbonyl (C=O) groups excluding carboxylic acids is 2. The third-order valence-corrected chi connectivity index (χ3v) is 6.41. The van der Waals surface area contributed by atoms with E-state index >= 15 is 4.39 Å². The fourth-order valence-electron chi connectivity index (χ4n) is 4.33. The van der Waals surface area contributed by atoms with Gasteiger partial charge in [0.1, 0.15) is 23.4 Å². The van der Waals surface area contributed by atoms with Gasteiger partial charge in [-0.25, -0.2) is 8.78 Å². The number of anilines is 1. The van der Waals surface area contributed by atoms with Crippen molar-refractivity contribution in [1.82, 2.24) is 4.57 Å². The lowest BCUT2D eigenvalue weighted by Crippen LogP contribution is -2.33. The van der Waals surface area contributed by atoms with Gasteiger partial charge in [-0.05, 0) is 48.6 Å². The molecule has 1 aliphatic heterocycles. The topological polar surface area (TPSA) is 103 Å². The number of hydrogen-bond acceptors (Lipinski definition) is 4. The van der Waals surface area contributed by atoms with Gasteiger partial charge in [0.25, 0.3) is 11.5 Å². The molecule has 0 bridgehead atoms. The summed E-state index contributed by atoms with van der Waals surface area (Å²) in [6, 6.07) is 6.97. The molecule has 7 nitrogen and oxygen atoms in total. The molecule has 0 saturated carbocycles. The first-order valence-electron chi connectivity index (χ1n) is 11.4. The normalized spacial score (nSPS) is 15.5. The van der Waals surface area contributed by atoms with Crippen molar-refractivity contribution in [2.45, 2.75) is 32.7 Å². The van der Waals surface area contributed by atoms with Crippen LogP contribution in [0.3, 0.4) is 0 Å². The zero-order valence-electron chi connectivity index (χ0n) is 19.6. The molecule has 36 heavy (non-hydrogen) atoms. The molecule has 2 aromatic carbocycles. The van der Waals surface area contributed by atoms with E-state index in [2.05, 4.69) is 5.32 Å². The number of fused-ring (bicyclic) bond motifs is 3. The summed E-state index contributed by atoms with van der Waals surface area (Å²) in [4.78, 5) is 37.5. The van der Waals surface area contributed by atoms with Crippen LogP contribution in [0.4, 0.5) is 14.5 Å². The highest BCUT2D eigenvalue weighted by Gasteiger charge is 2.27. The minimum atomic E-state index is -0.975. The Bertz CT molecular complexity index is 1420. The molecule has 2 atom stereocenters. The summed E-state index contributed by atoms with van der Waals surface area (Å²) in [5, 5.41) is 2.49. The van der Waals surface area contributed by atoms with Crippen molar-refractivity contribution >= 4 is 29.1 Å². The zero-order chi connectivity index (χ0) is 26.1. The number of benzene rings is 2. The molecule has 0 saturated heterocycles. The van der Waals surface area contributed by atoms with Crippen molar-refractivity contribution in [2.75, 3.05) is 11.9 Å². The van der Waals surface area contributed by atoms with Crippen molar-refractivity contribution in [3.63, 3.8) is 0 Å². The van der Waals surface area contributed by atoms with Gasteiger partial charge in [-0.1, -0.05) is 31.5 Å². The Hall–Kier alpha value is -3.72. The Morgan fingerprint density at radius 2 is 2.00 bits per heavy atom. The lowest BCUT2D eigenvalue weighted by atomic mass is 9.91. The van der Waals surface area contributed by atoms with Gasteiger partial charge in [0, 0.05) is 22.9 Å². The van der Waals surface area contributed by atoms with E-state index in [1.54, 1.807) is 13.0 Å². The van der Waals surface area contributed by atoms with E-state index in [-0.39, 0.29) is 45.5 Å². The molecule has 10 heteroatoms. The van der Waals surface area contributed by atoms with Crippen LogP contribution in [-0.2, 0) is 11.2 Å². The van der Waals surface area contributed by atoms with E-state index in [0.29, 0.717) is 18.6 Å². The minimum Gasteiger partial charge on any atom is -0.491 e. The number of aromatic nitrogens is 1. The predicted octanol–water partition coefficient (Wildman–Crippen LogP) is 4.71. The minimum absolute atomic E-state index is 0.0568. The van der Waals surface area contributed by atoms with Crippen molar-refractivity contribution in [2.24, 2.45) is 11.7 Å². The Balaban J connectivity index is 1.74. The van der Waals surface area contributed by atoms with E-state index in [4.69, 9.17) is 22.1 Å².